The highest BCUT2D eigenvalue weighted by Gasteiger charge is 2.21. The Morgan fingerprint density at radius 2 is 1.59 bits per heavy atom. The molecule has 0 aliphatic rings. The standard InChI is InChI=1S/C30H26N4O3/c35-17-25(29(37)34-30-32-23-8-1-2-9-24(23)33-30)31-26(36)10-4-5-18-11-12-21-14-13-19-6-3-7-20-15-16-22(18)28(21)27(19)20/h1-3,6-9,11-16,25,35H,4-5,10,17H2,(H,31,36)(H2,32,33,34,37). The smallest absolute Gasteiger partial charge is 0.251 e. The monoisotopic (exact) mass is 490 g/mol. The number of aliphatic hydroxyl groups excluding tert-OH is 1. The highest BCUT2D eigenvalue weighted by atomic mass is 16.3. The Morgan fingerprint density at radius 3 is 2.38 bits per heavy atom. The molecule has 4 N–H and O–H groups in total. The van der Waals surface area contributed by atoms with Crippen LogP contribution in [0.4, 0.5) is 5.95 Å². The first-order chi connectivity index (χ1) is 18.1. The summed E-state index contributed by atoms with van der Waals surface area (Å²) < 4.78 is 0. The average molecular weight is 491 g/mol. The number of aryl methyl sites for hydroxylation is 1. The van der Waals surface area contributed by atoms with Crippen molar-refractivity contribution in [1.29, 1.82) is 0 Å². The molecular formula is C30H26N4O3. The van der Waals surface area contributed by atoms with Crippen LogP contribution in [-0.4, -0.2) is 39.5 Å². The minimum absolute atomic E-state index is 0.246. The maximum Gasteiger partial charge on any atom is 0.251 e. The summed E-state index contributed by atoms with van der Waals surface area (Å²) in [6.45, 7) is -0.507. The van der Waals surface area contributed by atoms with Gasteiger partial charge in [0.25, 0.3) is 5.91 Å². The molecule has 184 valence electrons. The number of rotatable bonds is 8. The van der Waals surface area contributed by atoms with Crippen molar-refractivity contribution in [3.8, 4) is 0 Å². The lowest BCUT2D eigenvalue weighted by Gasteiger charge is -2.16. The van der Waals surface area contributed by atoms with Gasteiger partial charge in [0.15, 0.2) is 0 Å². The lowest BCUT2D eigenvalue weighted by Crippen LogP contribution is -2.46. The van der Waals surface area contributed by atoms with E-state index in [1.54, 1.807) is 0 Å². The SMILES string of the molecule is O=C(CCCc1ccc2ccc3cccc4ccc1c2c34)NC(CO)C(=O)Nc1nc2ccccc2[nH]1. The number of aromatic nitrogens is 2. The number of amides is 2. The minimum atomic E-state index is -1.06. The molecule has 0 spiro atoms. The van der Waals surface area contributed by atoms with Gasteiger partial charge in [-0.3, -0.25) is 14.9 Å². The second-order valence-electron chi connectivity index (χ2n) is 9.33. The summed E-state index contributed by atoms with van der Waals surface area (Å²) in [4.78, 5) is 32.5. The first-order valence-corrected chi connectivity index (χ1v) is 12.4. The second kappa shape index (κ2) is 9.52. The first-order valence-electron chi connectivity index (χ1n) is 12.4. The van der Waals surface area contributed by atoms with E-state index in [-0.39, 0.29) is 18.3 Å². The molecule has 1 heterocycles. The van der Waals surface area contributed by atoms with Crippen molar-refractivity contribution in [2.24, 2.45) is 0 Å². The number of carbonyl (C=O) groups is 2. The average Bonchev–Trinajstić information content (AvgIpc) is 3.33. The quantitative estimate of drug-likeness (QED) is 0.228. The van der Waals surface area contributed by atoms with E-state index in [0.717, 1.165) is 11.9 Å². The van der Waals surface area contributed by atoms with Crippen LogP contribution in [0.2, 0.25) is 0 Å². The van der Waals surface area contributed by atoms with Crippen molar-refractivity contribution in [3.63, 3.8) is 0 Å². The van der Waals surface area contributed by atoms with Crippen molar-refractivity contribution < 1.29 is 14.7 Å². The minimum Gasteiger partial charge on any atom is -0.394 e. The van der Waals surface area contributed by atoms with Crippen molar-refractivity contribution in [2.45, 2.75) is 25.3 Å². The number of anilines is 1. The van der Waals surface area contributed by atoms with E-state index < -0.39 is 18.6 Å². The van der Waals surface area contributed by atoms with Gasteiger partial charge in [-0.05, 0) is 62.9 Å². The molecule has 6 aromatic rings. The third-order valence-corrected chi connectivity index (χ3v) is 6.93. The number of H-pyrrole nitrogens is 1. The zero-order valence-electron chi connectivity index (χ0n) is 20.1. The van der Waals surface area contributed by atoms with E-state index in [9.17, 15) is 14.7 Å². The molecule has 0 bridgehead atoms. The van der Waals surface area contributed by atoms with Gasteiger partial charge in [0.2, 0.25) is 11.9 Å². The normalized spacial score (nSPS) is 12.5. The zero-order valence-corrected chi connectivity index (χ0v) is 20.1. The molecule has 1 atom stereocenters. The molecule has 1 unspecified atom stereocenters. The number of hydrogen-bond donors (Lipinski definition) is 4. The number of aromatic amines is 1. The van der Waals surface area contributed by atoms with E-state index in [4.69, 9.17) is 0 Å². The number of aliphatic hydroxyl groups is 1. The molecule has 0 fully saturated rings. The van der Waals surface area contributed by atoms with E-state index in [1.807, 2.05) is 24.3 Å². The molecule has 0 aliphatic carbocycles. The van der Waals surface area contributed by atoms with Gasteiger partial charge in [-0.25, -0.2) is 4.98 Å². The van der Waals surface area contributed by atoms with Crippen molar-refractivity contribution >= 4 is 61.1 Å². The van der Waals surface area contributed by atoms with Gasteiger partial charge in [0.05, 0.1) is 17.6 Å². The Kier molecular flexibility index (Phi) is 5.90. The van der Waals surface area contributed by atoms with Crippen molar-refractivity contribution in [1.82, 2.24) is 15.3 Å². The molecule has 7 nitrogen and oxygen atoms in total. The maximum atomic E-state index is 12.6. The number of nitrogens with one attached hydrogen (secondary N) is 3. The number of para-hydroxylation sites is 2. The maximum absolute atomic E-state index is 12.6. The van der Waals surface area contributed by atoms with Crippen LogP contribution in [0.1, 0.15) is 18.4 Å². The lowest BCUT2D eigenvalue weighted by atomic mass is 9.90. The summed E-state index contributed by atoms with van der Waals surface area (Å²) in [7, 11) is 0. The molecule has 2 amide bonds. The van der Waals surface area contributed by atoms with Crippen molar-refractivity contribution in [2.75, 3.05) is 11.9 Å². The summed E-state index contributed by atoms with van der Waals surface area (Å²) >= 11 is 0. The van der Waals surface area contributed by atoms with Crippen LogP contribution >= 0.6 is 0 Å². The van der Waals surface area contributed by atoms with E-state index in [1.165, 1.54) is 37.9 Å². The number of imidazole rings is 1. The number of benzene rings is 5. The molecule has 7 heteroatoms. The van der Waals surface area contributed by atoms with E-state index >= 15 is 0 Å². The zero-order chi connectivity index (χ0) is 25.4. The third kappa shape index (κ3) is 4.34. The third-order valence-electron chi connectivity index (χ3n) is 6.93. The Morgan fingerprint density at radius 1 is 0.865 bits per heavy atom. The van der Waals surface area contributed by atoms with Crippen LogP contribution in [0.5, 0.6) is 0 Å². The van der Waals surface area contributed by atoms with Gasteiger partial charge in [0.1, 0.15) is 6.04 Å². The molecule has 0 radical (unpaired) electrons. The lowest BCUT2D eigenvalue weighted by molar-refractivity contribution is -0.127. The molecule has 5 aromatic carbocycles. The van der Waals surface area contributed by atoms with Gasteiger partial charge in [0, 0.05) is 6.42 Å². The van der Waals surface area contributed by atoms with Crippen LogP contribution in [0, 0.1) is 0 Å². The molecule has 0 saturated carbocycles. The number of carbonyl (C=O) groups excluding carboxylic acids is 2. The molecule has 0 aliphatic heterocycles. The predicted octanol–water partition coefficient (Wildman–Crippen LogP) is 4.90. The van der Waals surface area contributed by atoms with Crippen LogP contribution < -0.4 is 10.6 Å². The summed E-state index contributed by atoms with van der Waals surface area (Å²) in [5, 5.41) is 22.4. The fraction of sp³-hybridized carbons (Fsp3) is 0.167. The Balaban J connectivity index is 1.10. The number of nitrogens with zero attached hydrogens (tertiary/aromatic N) is 1. The molecule has 6 rings (SSSR count). The second-order valence-corrected chi connectivity index (χ2v) is 9.33. The Labute approximate surface area is 212 Å². The van der Waals surface area contributed by atoms with Gasteiger partial charge in [-0.2, -0.15) is 0 Å². The summed E-state index contributed by atoms with van der Waals surface area (Å²) in [5.74, 6) is -0.536. The van der Waals surface area contributed by atoms with Gasteiger partial charge < -0.3 is 15.4 Å². The Hall–Kier alpha value is -4.49. The highest BCUT2D eigenvalue weighted by molar-refractivity contribution is 6.23. The van der Waals surface area contributed by atoms with Gasteiger partial charge in [-0.15, -0.1) is 0 Å². The number of hydrogen-bond acceptors (Lipinski definition) is 4. The van der Waals surface area contributed by atoms with Crippen LogP contribution in [-0.2, 0) is 16.0 Å². The van der Waals surface area contributed by atoms with Crippen molar-refractivity contribution in [3.05, 3.63) is 84.4 Å². The van der Waals surface area contributed by atoms with Gasteiger partial charge in [-0.1, -0.05) is 66.7 Å². The summed E-state index contributed by atoms with van der Waals surface area (Å²) in [5.41, 5.74) is 2.70. The molecule has 0 saturated heterocycles. The Bertz CT molecular complexity index is 1710. The van der Waals surface area contributed by atoms with Crippen LogP contribution in [0.25, 0.3) is 43.4 Å². The van der Waals surface area contributed by atoms with Gasteiger partial charge >= 0.3 is 0 Å². The molecule has 1 aromatic heterocycles. The fourth-order valence-corrected chi connectivity index (χ4v) is 5.13. The highest BCUT2D eigenvalue weighted by Crippen LogP contribution is 2.36. The summed E-state index contributed by atoms with van der Waals surface area (Å²) in [6.07, 6.45) is 1.60. The topological polar surface area (TPSA) is 107 Å². The molecular weight excluding hydrogens is 464 g/mol. The van der Waals surface area contributed by atoms with E-state index in [0.29, 0.717) is 11.9 Å². The first kappa shape index (κ1) is 22.9. The largest absolute Gasteiger partial charge is 0.394 e. The van der Waals surface area contributed by atoms with Crippen LogP contribution in [0.15, 0.2) is 78.9 Å². The summed E-state index contributed by atoms with van der Waals surface area (Å²) in [6, 6.07) is 25.6. The predicted molar refractivity (Wildman–Crippen MR) is 147 cm³/mol. The number of fused-ring (bicyclic) bond motifs is 1. The van der Waals surface area contributed by atoms with Crippen LogP contribution in [0.3, 0.4) is 0 Å². The van der Waals surface area contributed by atoms with E-state index in [2.05, 4.69) is 75.2 Å². The fourth-order valence-electron chi connectivity index (χ4n) is 5.13. The molecule has 37 heavy (non-hydrogen) atoms.